The lowest BCUT2D eigenvalue weighted by Gasteiger charge is -2.33. The molecule has 4 unspecified atom stereocenters. The number of benzene rings is 8. The van der Waals surface area contributed by atoms with E-state index < -0.39 is 0 Å². The van der Waals surface area contributed by atoms with Crippen LogP contribution >= 0.6 is 11.3 Å². The summed E-state index contributed by atoms with van der Waals surface area (Å²) >= 11 is 1.92. The van der Waals surface area contributed by atoms with Crippen LogP contribution in [0.25, 0.3) is 87.6 Å². The fraction of sp³-hybridized carbons (Fsp3) is 0.458. The van der Waals surface area contributed by atoms with Gasteiger partial charge >= 0.3 is 0 Å². The van der Waals surface area contributed by atoms with E-state index in [1.807, 2.05) is 11.3 Å². The van der Waals surface area contributed by atoms with Gasteiger partial charge in [0.25, 0.3) is 0 Å². The van der Waals surface area contributed by atoms with Gasteiger partial charge in [0.05, 0.1) is 26.4 Å². The molecule has 0 saturated carbocycles. The Morgan fingerprint density at radius 3 is 0.891 bits per heavy atom. The van der Waals surface area contributed by atoms with Gasteiger partial charge < -0.3 is 18.9 Å². The molecule has 1 heterocycles. The van der Waals surface area contributed by atoms with Crippen LogP contribution in [0.15, 0.2) is 182 Å². The maximum absolute atomic E-state index is 6.49. The van der Waals surface area contributed by atoms with Crippen molar-refractivity contribution in [2.45, 2.75) is 235 Å². The predicted molar refractivity (Wildman–Crippen MR) is 437 cm³/mol. The Kier molecular flexibility index (Phi) is 29.7. The normalized spacial score (nSPS) is 13.5. The molecule has 1 aliphatic carbocycles. The summed E-state index contributed by atoms with van der Waals surface area (Å²) in [7, 11) is 0. The van der Waals surface area contributed by atoms with E-state index >= 15 is 0 Å². The number of hydrogen-bond donors (Lipinski definition) is 0. The highest BCUT2D eigenvalue weighted by Crippen LogP contribution is 2.56. The van der Waals surface area contributed by atoms with E-state index in [0.29, 0.717) is 23.7 Å². The molecule has 8 aromatic carbocycles. The molecule has 0 aliphatic heterocycles. The first-order valence-electron chi connectivity index (χ1n) is 40.2. The third kappa shape index (κ3) is 20.5. The minimum Gasteiger partial charge on any atom is -0.493 e. The van der Waals surface area contributed by atoms with Gasteiger partial charge in [0.2, 0.25) is 0 Å². The van der Waals surface area contributed by atoms with Crippen LogP contribution in [0, 0.1) is 23.7 Å². The summed E-state index contributed by atoms with van der Waals surface area (Å²) in [5, 5.41) is 0. The molecule has 0 spiro atoms. The number of fused-ring (bicyclic) bond motifs is 3. The van der Waals surface area contributed by atoms with Gasteiger partial charge in [-0.2, -0.15) is 0 Å². The maximum atomic E-state index is 6.49. The SMILES string of the molecule is CCCCCCC1(CCCCCC)c2cc(-c3cc(-c4ccc(OCC(CC)CCCC)cc4)cc(-c4ccc(OCC(CC)CCCC)cc4)c3)ccc2-c2ccc(-c3ccc(-c4cc(-c5ccc(OCC(CC)CCC)cc5)cc(-c5ccc(OCC(CC)CCCC)cc5)c4)s3)cc21. The van der Waals surface area contributed by atoms with Crippen LogP contribution in [0.2, 0.25) is 0 Å². The molecule has 1 aliphatic rings. The molecule has 536 valence electrons. The van der Waals surface area contributed by atoms with E-state index in [9.17, 15) is 0 Å². The fourth-order valence-corrected chi connectivity index (χ4v) is 16.4. The summed E-state index contributed by atoms with van der Waals surface area (Å²) in [5.41, 5.74) is 20.3. The van der Waals surface area contributed by atoms with Crippen molar-refractivity contribution in [3.05, 3.63) is 193 Å². The number of unbranched alkanes of at least 4 members (excludes halogenated alkanes) is 9. The van der Waals surface area contributed by atoms with Crippen LogP contribution in [-0.2, 0) is 5.41 Å². The summed E-state index contributed by atoms with van der Waals surface area (Å²) in [4.78, 5) is 2.57. The Hall–Kier alpha value is -7.34. The number of thiophene rings is 1. The smallest absolute Gasteiger partial charge is 0.119 e. The van der Waals surface area contributed by atoms with Gasteiger partial charge in [-0.15, -0.1) is 11.3 Å². The molecule has 4 atom stereocenters. The van der Waals surface area contributed by atoms with Gasteiger partial charge in [-0.05, 0) is 260 Å². The molecule has 0 radical (unpaired) electrons. The first kappa shape index (κ1) is 76.3. The molecule has 9 aromatic rings. The molecule has 0 saturated heterocycles. The average Bonchev–Trinajstić information content (AvgIpc) is 1.56. The molecule has 4 nitrogen and oxygen atoms in total. The number of ether oxygens (including phenoxy) is 4. The Bertz CT molecular complexity index is 3820. The van der Waals surface area contributed by atoms with E-state index in [1.54, 1.807) is 0 Å². The summed E-state index contributed by atoms with van der Waals surface area (Å²) in [6, 6.07) is 69.8. The van der Waals surface area contributed by atoms with Crippen molar-refractivity contribution >= 4 is 11.3 Å². The second-order valence-corrected chi connectivity index (χ2v) is 30.7. The monoisotopic (exact) mass is 1370 g/mol. The number of hydrogen-bond acceptors (Lipinski definition) is 5. The van der Waals surface area contributed by atoms with Crippen molar-refractivity contribution in [1.29, 1.82) is 0 Å². The standard InChI is InChI=1S/C96H122O4S/c1-11-21-26-28-56-96(57-29-27-22-12-2)92-64-78(84-60-80(74-34-44-87(45-35-74)98-67-71(18-8)31-23-13-3)58-81(61-84)75-36-46-88(47-37-75)99-68-72(19-9)32-24-14-4)42-52-90(92)91-53-43-79(65-93(91)96)94-54-55-95(101-94)85-62-82(76-38-48-86(49-39-76)97-66-70(17-7)30-16-6)59-83(63-85)77-40-50-89(51-41-77)100-69-73(20-10)33-25-15-5/h34-55,58-65,70-73H,11-33,56-57,66-69H2,1-10H3. The van der Waals surface area contributed by atoms with Crippen LogP contribution in [0.4, 0.5) is 0 Å². The zero-order valence-corrected chi connectivity index (χ0v) is 64.5. The van der Waals surface area contributed by atoms with Gasteiger partial charge in [-0.1, -0.05) is 264 Å². The van der Waals surface area contributed by atoms with Gasteiger partial charge in [0.15, 0.2) is 0 Å². The second-order valence-electron chi connectivity index (χ2n) is 29.6. The van der Waals surface area contributed by atoms with Crippen LogP contribution < -0.4 is 18.9 Å². The molecule has 0 fully saturated rings. The zero-order valence-electron chi connectivity index (χ0n) is 63.7. The van der Waals surface area contributed by atoms with E-state index in [-0.39, 0.29) is 5.41 Å². The Balaban J connectivity index is 1.02. The van der Waals surface area contributed by atoms with E-state index in [0.717, 1.165) is 88.0 Å². The molecule has 0 N–H and O–H groups in total. The van der Waals surface area contributed by atoms with E-state index in [1.165, 1.54) is 221 Å². The second kappa shape index (κ2) is 39.3. The largest absolute Gasteiger partial charge is 0.493 e. The fourth-order valence-electron chi connectivity index (χ4n) is 15.4. The zero-order chi connectivity index (χ0) is 70.8. The van der Waals surface area contributed by atoms with Crippen LogP contribution in [0.3, 0.4) is 0 Å². The maximum Gasteiger partial charge on any atom is 0.119 e. The van der Waals surface area contributed by atoms with Crippen molar-refractivity contribution in [3.8, 4) is 111 Å². The minimum absolute atomic E-state index is 0.130. The van der Waals surface area contributed by atoms with Gasteiger partial charge in [-0.3, -0.25) is 0 Å². The molecular formula is C96H122O4S. The topological polar surface area (TPSA) is 36.9 Å². The van der Waals surface area contributed by atoms with Gasteiger partial charge in [0, 0.05) is 15.2 Å². The van der Waals surface area contributed by atoms with Crippen molar-refractivity contribution in [3.63, 3.8) is 0 Å². The summed E-state index contributed by atoms with van der Waals surface area (Å²) < 4.78 is 25.8. The van der Waals surface area contributed by atoms with E-state index in [4.69, 9.17) is 18.9 Å². The minimum atomic E-state index is -0.130. The first-order valence-corrected chi connectivity index (χ1v) is 41.0. The summed E-state index contributed by atoms with van der Waals surface area (Å²) in [6.45, 7) is 26.0. The van der Waals surface area contributed by atoms with Crippen LogP contribution in [-0.4, -0.2) is 26.4 Å². The lowest BCUT2D eigenvalue weighted by atomic mass is 9.70. The molecule has 101 heavy (non-hydrogen) atoms. The van der Waals surface area contributed by atoms with Crippen molar-refractivity contribution in [1.82, 2.24) is 0 Å². The van der Waals surface area contributed by atoms with Gasteiger partial charge in [-0.25, -0.2) is 0 Å². The lowest BCUT2D eigenvalue weighted by Crippen LogP contribution is -2.25. The Morgan fingerprint density at radius 1 is 0.257 bits per heavy atom. The van der Waals surface area contributed by atoms with Gasteiger partial charge in [0.1, 0.15) is 23.0 Å². The molecule has 1 aromatic heterocycles. The summed E-state index contributed by atoms with van der Waals surface area (Å²) in [6.07, 6.45) is 30.1. The van der Waals surface area contributed by atoms with Crippen LogP contribution in [0.1, 0.15) is 241 Å². The lowest BCUT2D eigenvalue weighted by molar-refractivity contribution is 0.233. The number of rotatable bonds is 44. The Labute approximate surface area is 615 Å². The third-order valence-electron chi connectivity index (χ3n) is 22.2. The Morgan fingerprint density at radius 2 is 0.554 bits per heavy atom. The van der Waals surface area contributed by atoms with E-state index in [2.05, 4.69) is 251 Å². The molecular weight excluding hydrogens is 1250 g/mol. The van der Waals surface area contributed by atoms with Crippen molar-refractivity contribution in [2.75, 3.05) is 26.4 Å². The molecule has 0 amide bonds. The van der Waals surface area contributed by atoms with Crippen LogP contribution in [0.5, 0.6) is 23.0 Å². The summed E-state index contributed by atoms with van der Waals surface area (Å²) in [5.74, 6) is 6.07. The molecule has 10 rings (SSSR count). The first-order chi connectivity index (χ1) is 49.6. The molecule has 0 bridgehead atoms. The predicted octanol–water partition coefficient (Wildman–Crippen LogP) is 29.6. The van der Waals surface area contributed by atoms with Crippen molar-refractivity contribution < 1.29 is 18.9 Å². The highest BCUT2D eigenvalue weighted by atomic mass is 32.1. The van der Waals surface area contributed by atoms with Crippen molar-refractivity contribution in [2.24, 2.45) is 23.7 Å². The quantitative estimate of drug-likeness (QED) is 0.0357. The molecule has 5 heteroatoms. The third-order valence-corrected chi connectivity index (χ3v) is 23.4. The highest BCUT2D eigenvalue weighted by molar-refractivity contribution is 7.18. The average molecular weight is 1370 g/mol. The highest BCUT2D eigenvalue weighted by Gasteiger charge is 2.43.